The van der Waals surface area contributed by atoms with Gasteiger partial charge in [-0.2, -0.15) is 0 Å². The normalized spacial score (nSPS) is 20.5. The van der Waals surface area contributed by atoms with E-state index < -0.39 is 0 Å². The van der Waals surface area contributed by atoms with Crippen molar-refractivity contribution in [3.63, 3.8) is 0 Å². The monoisotopic (exact) mass is 240 g/mol. The minimum absolute atomic E-state index is 0.222. The smallest absolute Gasteiger partial charge is 0.315 e. The Kier molecular flexibility index (Phi) is 7.06. The highest BCUT2D eigenvalue weighted by molar-refractivity contribution is 5.72. The number of rotatable bonds is 7. The number of nitrogens with zero attached hydrogens (tertiary/aromatic N) is 1. The van der Waals surface area contributed by atoms with Crippen LogP contribution in [0.5, 0.6) is 0 Å². The van der Waals surface area contributed by atoms with Crippen molar-refractivity contribution in [2.45, 2.75) is 77.2 Å². The van der Waals surface area contributed by atoms with Crippen LogP contribution >= 0.6 is 0 Å². The molecule has 100 valence electrons. The van der Waals surface area contributed by atoms with E-state index in [1.165, 1.54) is 44.9 Å². The molecular weight excluding hydrogens is 212 g/mol. The van der Waals surface area contributed by atoms with Crippen LogP contribution in [0.4, 0.5) is 4.79 Å². The Morgan fingerprint density at radius 2 is 1.88 bits per heavy atom. The third-order valence-electron chi connectivity index (χ3n) is 3.80. The summed E-state index contributed by atoms with van der Waals surface area (Å²) in [6, 6.07) is 0.202. The third-order valence-corrected chi connectivity index (χ3v) is 3.80. The standard InChI is InChI=1S/C14H28N2O/c1-2-3-4-5-6-7-10-13-11-8-9-12-16(13)14(15)17/h13H,2-12H2,1H3,(H2,15,17). The average molecular weight is 240 g/mol. The van der Waals surface area contributed by atoms with Gasteiger partial charge in [0.15, 0.2) is 0 Å². The fraction of sp³-hybridized carbons (Fsp3) is 0.929. The van der Waals surface area contributed by atoms with Crippen molar-refractivity contribution in [3.8, 4) is 0 Å². The fourth-order valence-corrected chi connectivity index (χ4v) is 2.75. The highest BCUT2D eigenvalue weighted by Crippen LogP contribution is 2.21. The molecule has 1 fully saturated rings. The lowest BCUT2D eigenvalue weighted by atomic mass is 9.97. The summed E-state index contributed by atoms with van der Waals surface area (Å²) in [5, 5.41) is 0. The van der Waals surface area contributed by atoms with Gasteiger partial charge < -0.3 is 10.6 Å². The van der Waals surface area contributed by atoms with Crippen LogP contribution in [0.2, 0.25) is 0 Å². The molecule has 1 atom stereocenters. The SMILES string of the molecule is CCCCCCCCC1CCCCN1C(N)=O. The second-order valence-electron chi connectivity index (χ2n) is 5.24. The topological polar surface area (TPSA) is 46.3 Å². The van der Waals surface area contributed by atoms with Crippen molar-refractivity contribution in [2.24, 2.45) is 5.73 Å². The van der Waals surface area contributed by atoms with Crippen LogP contribution in [0.3, 0.4) is 0 Å². The third kappa shape index (κ3) is 5.42. The maximum atomic E-state index is 11.3. The zero-order valence-electron chi connectivity index (χ0n) is 11.3. The number of unbranched alkanes of at least 4 members (excludes halogenated alkanes) is 5. The van der Waals surface area contributed by atoms with E-state index in [0.717, 1.165) is 25.8 Å². The molecule has 0 saturated carbocycles. The van der Waals surface area contributed by atoms with Gasteiger partial charge in [-0.15, -0.1) is 0 Å². The van der Waals surface area contributed by atoms with E-state index in [9.17, 15) is 4.79 Å². The summed E-state index contributed by atoms with van der Waals surface area (Å²) < 4.78 is 0. The molecule has 0 aromatic rings. The van der Waals surface area contributed by atoms with Crippen LogP contribution in [0.1, 0.15) is 71.1 Å². The molecule has 1 aliphatic heterocycles. The van der Waals surface area contributed by atoms with E-state index in [2.05, 4.69) is 6.92 Å². The van der Waals surface area contributed by atoms with Crippen LogP contribution < -0.4 is 5.73 Å². The molecule has 0 aromatic carbocycles. The van der Waals surface area contributed by atoms with E-state index in [4.69, 9.17) is 5.73 Å². The number of carbonyl (C=O) groups is 1. The Morgan fingerprint density at radius 3 is 2.59 bits per heavy atom. The minimum Gasteiger partial charge on any atom is -0.351 e. The molecule has 1 rings (SSSR count). The van der Waals surface area contributed by atoms with Gasteiger partial charge in [0, 0.05) is 12.6 Å². The van der Waals surface area contributed by atoms with Gasteiger partial charge in [0.25, 0.3) is 0 Å². The van der Waals surface area contributed by atoms with E-state index in [0.29, 0.717) is 6.04 Å². The first-order chi connectivity index (χ1) is 8.25. The van der Waals surface area contributed by atoms with Crippen molar-refractivity contribution in [1.82, 2.24) is 4.90 Å². The number of piperidine rings is 1. The molecule has 0 bridgehead atoms. The van der Waals surface area contributed by atoms with Gasteiger partial charge in [-0.25, -0.2) is 4.79 Å². The van der Waals surface area contributed by atoms with Gasteiger partial charge in [-0.05, 0) is 25.7 Å². The van der Waals surface area contributed by atoms with E-state index >= 15 is 0 Å². The predicted molar refractivity (Wildman–Crippen MR) is 71.9 cm³/mol. The van der Waals surface area contributed by atoms with Crippen LogP contribution in [-0.2, 0) is 0 Å². The number of urea groups is 1. The molecule has 0 radical (unpaired) electrons. The van der Waals surface area contributed by atoms with Gasteiger partial charge in [0.1, 0.15) is 0 Å². The summed E-state index contributed by atoms with van der Waals surface area (Å²) in [7, 11) is 0. The predicted octanol–water partition coefficient (Wildman–Crippen LogP) is 3.67. The highest BCUT2D eigenvalue weighted by atomic mass is 16.2. The molecule has 3 nitrogen and oxygen atoms in total. The zero-order chi connectivity index (χ0) is 12.5. The van der Waals surface area contributed by atoms with E-state index in [1.54, 1.807) is 0 Å². The lowest BCUT2D eigenvalue weighted by molar-refractivity contribution is 0.152. The molecule has 1 heterocycles. The van der Waals surface area contributed by atoms with E-state index in [-0.39, 0.29) is 6.03 Å². The number of hydrogen-bond acceptors (Lipinski definition) is 1. The fourth-order valence-electron chi connectivity index (χ4n) is 2.75. The maximum absolute atomic E-state index is 11.3. The largest absolute Gasteiger partial charge is 0.351 e. The first-order valence-electron chi connectivity index (χ1n) is 7.31. The Balaban J connectivity index is 2.13. The molecule has 1 saturated heterocycles. The Hall–Kier alpha value is -0.730. The Labute approximate surface area is 106 Å². The van der Waals surface area contributed by atoms with E-state index in [1.807, 2.05) is 4.90 Å². The van der Waals surface area contributed by atoms with Gasteiger partial charge >= 0.3 is 6.03 Å². The average Bonchev–Trinajstić information content (AvgIpc) is 2.34. The lowest BCUT2D eigenvalue weighted by Crippen LogP contribution is -2.46. The van der Waals surface area contributed by atoms with Crippen LogP contribution in [0, 0.1) is 0 Å². The molecular formula is C14H28N2O. The van der Waals surface area contributed by atoms with Crippen molar-refractivity contribution >= 4 is 6.03 Å². The Bertz CT molecular complexity index is 218. The first kappa shape index (κ1) is 14.3. The summed E-state index contributed by atoms with van der Waals surface area (Å²) in [5.74, 6) is 0. The molecule has 3 heteroatoms. The molecule has 2 amide bonds. The van der Waals surface area contributed by atoms with Gasteiger partial charge in [0.05, 0.1) is 0 Å². The molecule has 1 aliphatic rings. The van der Waals surface area contributed by atoms with Crippen molar-refractivity contribution in [3.05, 3.63) is 0 Å². The van der Waals surface area contributed by atoms with Crippen LogP contribution in [0.15, 0.2) is 0 Å². The summed E-state index contributed by atoms with van der Waals surface area (Å²) in [5.41, 5.74) is 5.41. The molecule has 0 aliphatic carbocycles. The molecule has 0 spiro atoms. The first-order valence-corrected chi connectivity index (χ1v) is 7.31. The van der Waals surface area contributed by atoms with Crippen molar-refractivity contribution in [2.75, 3.05) is 6.54 Å². The summed E-state index contributed by atoms with van der Waals surface area (Å²) in [6.45, 7) is 3.11. The van der Waals surface area contributed by atoms with Crippen molar-refractivity contribution in [1.29, 1.82) is 0 Å². The zero-order valence-corrected chi connectivity index (χ0v) is 11.3. The molecule has 1 unspecified atom stereocenters. The van der Waals surface area contributed by atoms with Crippen molar-refractivity contribution < 1.29 is 4.79 Å². The highest BCUT2D eigenvalue weighted by Gasteiger charge is 2.24. The maximum Gasteiger partial charge on any atom is 0.315 e. The number of likely N-dealkylation sites (tertiary alicyclic amines) is 1. The number of hydrogen-bond donors (Lipinski definition) is 1. The second kappa shape index (κ2) is 8.37. The molecule has 2 N–H and O–H groups in total. The summed E-state index contributed by atoms with van der Waals surface area (Å²) >= 11 is 0. The minimum atomic E-state index is -0.222. The number of amides is 2. The van der Waals surface area contributed by atoms with Gasteiger partial charge in [-0.3, -0.25) is 0 Å². The second-order valence-corrected chi connectivity index (χ2v) is 5.24. The van der Waals surface area contributed by atoms with Crippen LogP contribution in [-0.4, -0.2) is 23.5 Å². The van der Waals surface area contributed by atoms with Gasteiger partial charge in [-0.1, -0.05) is 45.4 Å². The number of primary amides is 1. The number of carbonyl (C=O) groups excluding carboxylic acids is 1. The van der Waals surface area contributed by atoms with Gasteiger partial charge in [0.2, 0.25) is 0 Å². The molecule has 17 heavy (non-hydrogen) atoms. The van der Waals surface area contributed by atoms with Crippen LogP contribution in [0.25, 0.3) is 0 Å². The quantitative estimate of drug-likeness (QED) is 0.678. The summed E-state index contributed by atoms with van der Waals surface area (Å²) in [4.78, 5) is 13.2. The lowest BCUT2D eigenvalue weighted by Gasteiger charge is -2.34. The molecule has 0 aromatic heterocycles. The Morgan fingerprint density at radius 1 is 1.18 bits per heavy atom. The summed E-state index contributed by atoms with van der Waals surface area (Å²) in [6.07, 6.45) is 12.6. The number of nitrogens with two attached hydrogens (primary N) is 1.